The van der Waals surface area contributed by atoms with Gasteiger partial charge < -0.3 is 16.0 Å². The number of rotatable bonds is 2. The zero-order valence-corrected chi connectivity index (χ0v) is 12.0. The second-order valence-electron chi connectivity index (χ2n) is 5.88. The fraction of sp³-hybridized carbons (Fsp3) is 0.500. The summed E-state index contributed by atoms with van der Waals surface area (Å²) in [5.74, 6) is -0.437. The van der Waals surface area contributed by atoms with Gasteiger partial charge in [0, 0.05) is 18.8 Å². The van der Waals surface area contributed by atoms with E-state index >= 15 is 0 Å². The van der Waals surface area contributed by atoms with E-state index in [0.29, 0.717) is 19.5 Å². The number of carbonyl (C=O) groups excluding carboxylic acids is 2. The third-order valence-corrected chi connectivity index (χ3v) is 4.49. The van der Waals surface area contributed by atoms with Crippen LogP contribution in [0.15, 0.2) is 24.3 Å². The summed E-state index contributed by atoms with van der Waals surface area (Å²) in [4.78, 5) is 26.0. The van der Waals surface area contributed by atoms with Crippen LogP contribution in [0, 0.1) is 5.92 Å². The minimum Gasteiger partial charge on any atom is -0.384 e. The van der Waals surface area contributed by atoms with E-state index in [9.17, 15) is 9.59 Å². The van der Waals surface area contributed by atoms with Crippen LogP contribution in [0.2, 0.25) is 0 Å². The number of para-hydroxylation sites is 1. The van der Waals surface area contributed by atoms with Crippen molar-refractivity contribution in [2.45, 2.75) is 31.7 Å². The number of nitrogens with one attached hydrogen (secondary N) is 1. The number of nitrogens with zero attached hydrogens (tertiary/aromatic N) is 1. The molecule has 1 aromatic carbocycles. The maximum atomic E-state index is 12.8. The van der Waals surface area contributed by atoms with Gasteiger partial charge in [-0.05, 0) is 37.3 Å². The molecule has 0 aromatic heterocycles. The molecule has 2 aliphatic heterocycles. The average Bonchev–Trinajstić information content (AvgIpc) is 2.53. The van der Waals surface area contributed by atoms with Crippen LogP contribution in [0.3, 0.4) is 0 Å². The largest absolute Gasteiger partial charge is 0.384 e. The number of piperidine rings is 1. The van der Waals surface area contributed by atoms with Crippen molar-refractivity contribution in [2.24, 2.45) is 11.7 Å². The molecule has 5 heteroatoms. The SMILES string of the molecule is NC(=O)C1CCCCN1C(=O)C1CNc2ccccc2C1. The van der Waals surface area contributed by atoms with Crippen molar-refractivity contribution in [1.29, 1.82) is 0 Å². The third-order valence-electron chi connectivity index (χ3n) is 4.49. The van der Waals surface area contributed by atoms with Gasteiger partial charge in [-0.3, -0.25) is 9.59 Å². The van der Waals surface area contributed by atoms with Crippen molar-refractivity contribution in [2.75, 3.05) is 18.4 Å². The molecule has 0 saturated carbocycles. The maximum absolute atomic E-state index is 12.8. The Bertz CT molecular complexity index is 558. The molecule has 2 aliphatic rings. The third kappa shape index (κ3) is 2.73. The topological polar surface area (TPSA) is 75.4 Å². The number of amides is 2. The summed E-state index contributed by atoms with van der Waals surface area (Å²) in [5.41, 5.74) is 7.72. The Kier molecular flexibility index (Phi) is 3.82. The highest BCUT2D eigenvalue weighted by molar-refractivity contribution is 5.88. The smallest absolute Gasteiger partial charge is 0.240 e. The van der Waals surface area contributed by atoms with Crippen molar-refractivity contribution in [3.8, 4) is 0 Å². The van der Waals surface area contributed by atoms with E-state index in [4.69, 9.17) is 5.73 Å². The molecule has 0 spiro atoms. The highest BCUT2D eigenvalue weighted by Crippen LogP contribution is 2.27. The number of anilines is 1. The lowest BCUT2D eigenvalue weighted by molar-refractivity contribution is -0.144. The fourth-order valence-corrected chi connectivity index (χ4v) is 3.34. The lowest BCUT2D eigenvalue weighted by atomic mass is 9.91. The number of nitrogens with two attached hydrogens (primary N) is 1. The van der Waals surface area contributed by atoms with Crippen molar-refractivity contribution >= 4 is 17.5 Å². The van der Waals surface area contributed by atoms with Crippen molar-refractivity contribution in [3.05, 3.63) is 29.8 Å². The molecule has 112 valence electrons. The number of hydrogen-bond donors (Lipinski definition) is 2. The van der Waals surface area contributed by atoms with Gasteiger partial charge in [-0.15, -0.1) is 0 Å². The molecule has 0 radical (unpaired) electrons. The van der Waals surface area contributed by atoms with Gasteiger partial charge in [-0.25, -0.2) is 0 Å². The van der Waals surface area contributed by atoms with E-state index in [0.717, 1.165) is 30.5 Å². The summed E-state index contributed by atoms with van der Waals surface area (Å²) in [6.07, 6.45) is 3.33. The summed E-state index contributed by atoms with van der Waals surface area (Å²) in [6, 6.07) is 7.62. The van der Waals surface area contributed by atoms with Crippen LogP contribution in [0.5, 0.6) is 0 Å². The first kappa shape index (κ1) is 13.9. The van der Waals surface area contributed by atoms with E-state index in [1.807, 2.05) is 24.3 Å². The first-order valence-electron chi connectivity index (χ1n) is 7.58. The standard InChI is InChI=1S/C16H21N3O2/c17-15(20)14-7-3-4-8-19(14)16(21)12-9-11-5-1-2-6-13(11)18-10-12/h1-2,5-6,12,14,18H,3-4,7-10H2,(H2,17,20). The summed E-state index contributed by atoms with van der Waals surface area (Å²) in [6.45, 7) is 1.27. The predicted octanol–water partition coefficient (Wildman–Crippen LogP) is 1.14. The Hall–Kier alpha value is -2.04. The first-order valence-corrected chi connectivity index (χ1v) is 7.58. The molecular weight excluding hydrogens is 266 g/mol. The molecule has 2 atom stereocenters. The molecule has 0 aliphatic carbocycles. The van der Waals surface area contributed by atoms with Gasteiger partial charge >= 0.3 is 0 Å². The summed E-state index contributed by atoms with van der Waals surface area (Å²) >= 11 is 0. The predicted molar refractivity (Wildman–Crippen MR) is 80.7 cm³/mol. The van der Waals surface area contributed by atoms with Crippen LogP contribution in [0.1, 0.15) is 24.8 Å². The van der Waals surface area contributed by atoms with E-state index in [1.165, 1.54) is 0 Å². The van der Waals surface area contributed by atoms with Gasteiger partial charge in [0.2, 0.25) is 11.8 Å². The Labute approximate surface area is 124 Å². The highest BCUT2D eigenvalue weighted by Gasteiger charge is 2.35. The zero-order chi connectivity index (χ0) is 14.8. The molecule has 1 aromatic rings. The van der Waals surface area contributed by atoms with Crippen molar-refractivity contribution in [1.82, 2.24) is 4.90 Å². The molecule has 21 heavy (non-hydrogen) atoms. The second-order valence-corrected chi connectivity index (χ2v) is 5.88. The van der Waals surface area contributed by atoms with Gasteiger partial charge in [0.05, 0.1) is 5.92 Å². The van der Waals surface area contributed by atoms with E-state index in [1.54, 1.807) is 4.90 Å². The van der Waals surface area contributed by atoms with Crippen LogP contribution in [0.25, 0.3) is 0 Å². The minimum atomic E-state index is -0.427. The van der Waals surface area contributed by atoms with E-state index in [-0.39, 0.29) is 17.7 Å². The van der Waals surface area contributed by atoms with Crippen molar-refractivity contribution < 1.29 is 9.59 Å². The minimum absolute atomic E-state index is 0.0560. The molecule has 2 unspecified atom stereocenters. The van der Waals surface area contributed by atoms with Gasteiger partial charge in [-0.1, -0.05) is 18.2 Å². The van der Waals surface area contributed by atoms with Gasteiger partial charge in [0.25, 0.3) is 0 Å². The number of likely N-dealkylation sites (tertiary alicyclic amines) is 1. The van der Waals surface area contributed by atoms with Gasteiger partial charge in [0.15, 0.2) is 0 Å². The van der Waals surface area contributed by atoms with Crippen LogP contribution in [-0.4, -0.2) is 35.8 Å². The fourth-order valence-electron chi connectivity index (χ4n) is 3.34. The average molecular weight is 287 g/mol. The first-order chi connectivity index (χ1) is 10.2. The summed E-state index contributed by atoms with van der Waals surface area (Å²) < 4.78 is 0. The normalized spacial score (nSPS) is 24.9. The summed E-state index contributed by atoms with van der Waals surface area (Å²) in [5, 5.41) is 3.31. The Morgan fingerprint density at radius 2 is 2.05 bits per heavy atom. The van der Waals surface area contributed by atoms with Crippen LogP contribution >= 0.6 is 0 Å². The molecule has 3 N–H and O–H groups in total. The van der Waals surface area contributed by atoms with E-state index in [2.05, 4.69) is 5.32 Å². The maximum Gasteiger partial charge on any atom is 0.240 e. The number of benzene rings is 1. The molecule has 2 heterocycles. The number of fused-ring (bicyclic) bond motifs is 1. The Balaban J connectivity index is 1.75. The van der Waals surface area contributed by atoms with Gasteiger partial charge in [0.1, 0.15) is 6.04 Å². The molecule has 1 fully saturated rings. The number of hydrogen-bond acceptors (Lipinski definition) is 3. The molecule has 1 saturated heterocycles. The molecule has 2 amide bonds. The second kappa shape index (κ2) is 5.76. The van der Waals surface area contributed by atoms with Gasteiger partial charge in [-0.2, -0.15) is 0 Å². The molecule has 0 bridgehead atoms. The van der Waals surface area contributed by atoms with Crippen LogP contribution in [0.4, 0.5) is 5.69 Å². The molecule has 5 nitrogen and oxygen atoms in total. The van der Waals surface area contributed by atoms with Crippen LogP contribution in [-0.2, 0) is 16.0 Å². The lowest BCUT2D eigenvalue weighted by Crippen LogP contribution is -2.53. The van der Waals surface area contributed by atoms with Crippen LogP contribution < -0.4 is 11.1 Å². The Morgan fingerprint density at radius 1 is 1.24 bits per heavy atom. The highest BCUT2D eigenvalue weighted by atomic mass is 16.2. The quantitative estimate of drug-likeness (QED) is 0.856. The number of primary amides is 1. The zero-order valence-electron chi connectivity index (χ0n) is 12.0. The number of carbonyl (C=O) groups is 2. The van der Waals surface area contributed by atoms with E-state index < -0.39 is 6.04 Å². The Morgan fingerprint density at radius 3 is 2.86 bits per heavy atom. The molecule has 3 rings (SSSR count). The summed E-state index contributed by atoms with van der Waals surface area (Å²) in [7, 11) is 0. The lowest BCUT2D eigenvalue weighted by Gasteiger charge is -2.37. The monoisotopic (exact) mass is 287 g/mol. The van der Waals surface area contributed by atoms with Crippen molar-refractivity contribution in [3.63, 3.8) is 0 Å². The molecular formula is C16H21N3O2.